The number of benzene rings is 2. The average Bonchev–Trinajstić information content (AvgIpc) is 2.33. The molecule has 0 aliphatic carbocycles. The summed E-state index contributed by atoms with van der Waals surface area (Å²) in [5, 5.41) is 12.2. The SMILES string of the molecule is CCCCCc1ccc2ccccc2c1O.[Mg]. The summed E-state index contributed by atoms with van der Waals surface area (Å²) in [5.41, 5.74) is 1.08. The molecular formula is C15H18MgO. The van der Waals surface area contributed by atoms with Crippen LogP contribution in [-0.2, 0) is 6.42 Å². The Morgan fingerprint density at radius 2 is 1.76 bits per heavy atom. The van der Waals surface area contributed by atoms with E-state index in [1.165, 1.54) is 12.8 Å². The summed E-state index contributed by atoms with van der Waals surface area (Å²) in [6.45, 7) is 2.19. The van der Waals surface area contributed by atoms with Gasteiger partial charge in [-0.2, -0.15) is 0 Å². The number of phenolic OH excluding ortho intramolecular Hbond substituents is 1. The largest absolute Gasteiger partial charge is 0.507 e. The van der Waals surface area contributed by atoms with Gasteiger partial charge in [-0.15, -0.1) is 0 Å². The molecule has 2 rings (SSSR count). The van der Waals surface area contributed by atoms with Crippen molar-refractivity contribution in [2.75, 3.05) is 0 Å². The molecule has 0 atom stereocenters. The predicted octanol–water partition coefficient (Wildman–Crippen LogP) is 3.90. The van der Waals surface area contributed by atoms with Gasteiger partial charge in [-0.05, 0) is 23.8 Å². The van der Waals surface area contributed by atoms with Crippen LogP contribution in [0.3, 0.4) is 0 Å². The summed E-state index contributed by atoms with van der Waals surface area (Å²) >= 11 is 0. The second kappa shape index (κ2) is 6.87. The molecule has 0 aliphatic heterocycles. The van der Waals surface area contributed by atoms with Crippen molar-refractivity contribution < 1.29 is 5.11 Å². The normalized spacial score (nSPS) is 10.2. The van der Waals surface area contributed by atoms with Gasteiger partial charge in [-0.1, -0.05) is 56.2 Å². The van der Waals surface area contributed by atoms with Gasteiger partial charge in [-0.3, -0.25) is 0 Å². The van der Waals surface area contributed by atoms with Crippen molar-refractivity contribution >= 4 is 33.8 Å². The topological polar surface area (TPSA) is 20.2 Å². The van der Waals surface area contributed by atoms with Crippen LogP contribution in [0, 0.1) is 0 Å². The number of hydrogen-bond donors (Lipinski definition) is 1. The van der Waals surface area contributed by atoms with Crippen molar-refractivity contribution in [2.24, 2.45) is 0 Å². The highest BCUT2D eigenvalue weighted by Gasteiger charge is 2.05. The quantitative estimate of drug-likeness (QED) is 0.633. The van der Waals surface area contributed by atoms with Crippen molar-refractivity contribution in [1.82, 2.24) is 0 Å². The summed E-state index contributed by atoms with van der Waals surface area (Å²) < 4.78 is 0. The van der Waals surface area contributed by atoms with Crippen LogP contribution in [0.4, 0.5) is 0 Å². The lowest BCUT2D eigenvalue weighted by atomic mass is 10.0. The molecule has 0 unspecified atom stereocenters. The van der Waals surface area contributed by atoms with Crippen molar-refractivity contribution in [1.29, 1.82) is 0 Å². The minimum absolute atomic E-state index is 0. The first-order valence-corrected chi connectivity index (χ1v) is 6.02. The van der Waals surface area contributed by atoms with Crippen LogP contribution in [0.2, 0.25) is 0 Å². The fourth-order valence-corrected chi connectivity index (χ4v) is 2.07. The van der Waals surface area contributed by atoms with E-state index in [-0.39, 0.29) is 23.1 Å². The number of fused-ring (bicyclic) bond motifs is 1. The van der Waals surface area contributed by atoms with Crippen LogP contribution in [0.1, 0.15) is 31.7 Å². The van der Waals surface area contributed by atoms with Crippen LogP contribution in [0.25, 0.3) is 10.8 Å². The zero-order valence-corrected chi connectivity index (χ0v) is 11.9. The summed E-state index contributed by atoms with van der Waals surface area (Å²) in [4.78, 5) is 0. The summed E-state index contributed by atoms with van der Waals surface area (Å²) in [6, 6.07) is 12.1. The van der Waals surface area contributed by atoms with E-state index in [0.29, 0.717) is 5.75 Å². The van der Waals surface area contributed by atoms with E-state index in [1.807, 2.05) is 30.3 Å². The lowest BCUT2D eigenvalue weighted by Crippen LogP contribution is -1.87. The number of hydrogen-bond acceptors (Lipinski definition) is 1. The number of aromatic hydroxyl groups is 1. The summed E-state index contributed by atoms with van der Waals surface area (Å²) in [5.74, 6) is 0.467. The molecule has 2 aromatic carbocycles. The Hall–Kier alpha value is -0.734. The summed E-state index contributed by atoms with van der Waals surface area (Å²) in [7, 11) is 0. The molecule has 1 N–H and O–H groups in total. The van der Waals surface area contributed by atoms with E-state index in [0.717, 1.165) is 29.2 Å². The molecular weight excluding hydrogens is 220 g/mol. The Kier molecular flexibility index (Phi) is 5.79. The molecule has 2 heteroatoms. The Labute approximate surface area is 119 Å². The van der Waals surface area contributed by atoms with Gasteiger partial charge in [0.25, 0.3) is 0 Å². The Morgan fingerprint density at radius 3 is 2.53 bits per heavy atom. The molecule has 1 nitrogen and oxygen atoms in total. The maximum atomic E-state index is 10.1. The number of aryl methyl sites for hydroxylation is 1. The van der Waals surface area contributed by atoms with Gasteiger partial charge in [0.1, 0.15) is 5.75 Å². The van der Waals surface area contributed by atoms with E-state index in [2.05, 4.69) is 13.0 Å². The average molecular weight is 239 g/mol. The molecule has 0 aliphatic rings. The van der Waals surface area contributed by atoms with Gasteiger partial charge in [0.05, 0.1) is 0 Å². The van der Waals surface area contributed by atoms with E-state index in [9.17, 15) is 5.11 Å². The predicted molar refractivity (Wildman–Crippen MR) is 74.6 cm³/mol. The van der Waals surface area contributed by atoms with Gasteiger partial charge in [0.15, 0.2) is 0 Å². The smallest absolute Gasteiger partial charge is 0.126 e. The highest BCUT2D eigenvalue weighted by Crippen LogP contribution is 2.29. The number of rotatable bonds is 4. The van der Waals surface area contributed by atoms with Crippen LogP contribution < -0.4 is 0 Å². The molecule has 2 radical (unpaired) electrons. The highest BCUT2D eigenvalue weighted by molar-refractivity contribution is 5.89. The molecule has 0 spiro atoms. The first kappa shape index (κ1) is 14.3. The van der Waals surface area contributed by atoms with Gasteiger partial charge in [-0.25, -0.2) is 0 Å². The minimum atomic E-state index is 0. The second-order valence-corrected chi connectivity index (χ2v) is 4.25. The van der Waals surface area contributed by atoms with Crippen molar-refractivity contribution in [2.45, 2.75) is 32.6 Å². The van der Waals surface area contributed by atoms with Crippen molar-refractivity contribution in [3.63, 3.8) is 0 Å². The fourth-order valence-electron chi connectivity index (χ4n) is 2.07. The molecule has 0 amide bonds. The highest BCUT2D eigenvalue weighted by atomic mass is 24.3. The Bertz CT molecular complexity index is 479. The minimum Gasteiger partial charge on any atom is -0.507 e. The zero-order valence-electron chi connectivity index (χ0n) is 10.4. The maximum Gasteiger partial charge on any atom is 0.126 e. The van der Waals surface area contributed by atoms with Crippen LogP contribution >= 0.6 is 0 Å². The maximum absolute atomic E-state index is 10.1. The third kappa shape index (κ3) is 3.36. The van der Waals surface area contributed by atoms with Crippen LogP contribution in [0.15, 0.2) is 36.4 Å². The molecule has 0 saturated heterocycles. The monoisotopic (exact) mass is 238 g/mol. The second-order valence-electron chi connectivity index (χ2n) is 4.25. The molecule has 0 saturated carbocycles. The Balaban J connectivity index is 0.00000144. The molecule has 0 fully saturated rings. The van der Waals surface area contributed by atoms with Gasteiger partial charge in [0, 0.05) is 28.4 Å². The molecule has 0 aromatic heterocycles. The Morgan fingerprint density at radius 1 is 1.00 bits per heavy atom. The third-order valence-corrected chi connectivity index (χ3v) is 3.03. The molecule has 0 heterocycles. The zero-order chi connectivity index (χ0) is 11.4. The molecule has 17 heavy (non-hydrogen) atoms. The van der Waals surface area contributed by atoms with Crippen molar-refractivity contribution in [3.05, 3.63) is 42.0 Å². The molecule has 2 aromatic rings. The van der Waals surface area contributed by atoms with Gasteiger partial charge < -0.3 is 5.11 Å². The summed E-state index contributed by atoms with van der Waals surface area (Å²) in [6.07, 6.45) is 4.58. The van der Waals surface area contributed by atoms with Crippen LogP contribution in [-0.4, -0.2) is 28.2 Å². The van der Waals surface area contributed by atoms with Crippen molar-refractivity contribution in [3.8, 4) is 5.75 Å². The van der Waals surface area contributed by atoms with Gasteiger partial charge >= 0.3 is 0 Å². The third-order valence-electron chi connectivity index (χ3n) is 3.03. The first-order valence-electron chi connectivity index (χ1n) is 6.02. The lowest BCUT2D eigenvalue weighted by Gasteiger charge is -2.07. The van der Waals surface area contributed by atoms with Crippen LogP contribution in [0.5, 0.6) is 5.75 Å². The van der Waals surface area contributed by atoms with E-state index in [4.69, 9.17) is 0 Å². The molecule has 86 valence electrons. The lowest BCUT2D eigenvalue weighted by molar-refractivity contribution is 0.473. The first-order chi connectivity index (χ1) is 7.83. The van der Waals surface area contributed by atoms with E-state index >= 15 is 0 Å². The number of phenols is 1. The number of unbranched alkanes of at least 4 members (excludes halogenated alkanes) is 2. The van der Waals surface area contributed by atoms with Gasteiger partial charge in [0.2, 0.25) is 0 Å². The molecule has 0 bridgehead atoms. The standard InChI is InChI=1S/C15H18O.Mg/c1-2-3-4-8-13-11-10-12-7-5-6-9-14(12)15(13)16;/h5-7,9-11,16H,2-4,8H2,1H3;. The van der Waals surface area contributed by atoms with E-state index < -0.39 is 0 Å². The fraction of sp³-hybridized carbons (Fsp3) is 0.333. The van der Waals surface area contributed by atoms with E-state index in [1.54, 1.807) is 0 Å².